The van der Waals surface area contributed by atoms with Crippen LogP contribution in [-0.2, 0) is 6.42 Å². The Kier molecular flexibility index (Phi) is 2.63. The summed E-state index contributed by atoms with van der Waals surface area (Å²) in [6.07, 6.45) is 5.48. The fourth-order valence-electron chi connectivity index (χ4n) is 2.02. The van der Waals surface area contributed by atoms with Gasteiger partial charge in [0.1, 0.15) is 0 Å². The molecule has 2 aromatic rings. The van der Waals surface area contributed by atoms with E-state index in [1.54, 1.807) is 0 Å². The van der Waals surface area contributed by atoms with E-state index in [0.717, 1.165) is 22.8 Å². The second-order valence-corrected chi connectivity index (χ2v) is 4.93. The van der Waals surface area contributed by atoms with Crippen LogP contribution < -0.4 is 0 Å². The third kappa shape index (κ3) is 2.07. The fourth-order valence-corrected chi connectivity index (χ4v) is 2.22. The first-order valence-electron chi connectivity index (χ1n) is 5.99. The van der Waals surface area contributed by atoms with E-state index in [1.807, 2.05) is 29.1 Å². The molecule has 0 N–H and O–H groups in total. The Labute approximate surface area is 105 Å². The van der Waals surface area contributed by atoms with E-state index in [2.05, 4.69) is 17.2 Å². The SMILES string of the molecule is CCc1cc(Cl)ccc1-n1cc(C2CC2)nn1. The molecule has 1 aliphatic rings. The summed E-state index contributed by atoms with van der Waals surface area (Å²) in [7, 11) is 0. The topological polar surface area (TPSA) is 30.7 Å². The van der Waals surface area contributed by atoms with Crippen molar-refractivity contribution in [2.24, 2.45) is 0 Å². The maximum absolute atomic E-state index is 6.00. The van der Waals surface area contributed by atoms with Gasteiger partial charge in [-0.2, -0.15) is 0 Å². The van der Waals surface area contributed by atoms with Crippen molar-refractivity contribution in [3.63, 3.8) is 0 Å². The lowest BCUT2D eigenvalue weighted by atomic mass is 10.1. The lowest BCUT2D eigenvalue weighted by Crippen LogP contribution is -1.99. The fraction of sp³-hybridized carbons (Fsp3) is 0.385. The van der Waals surface area contributed by atoms with E-state index >= 15 is 0 Å². The zero-order valence-electron chi connectivity index (χ0n) is 9.73. The molecule has 17 heavy (non-hydrogen) atoms. The molecule has 1 fully saturated rings. The van der Waals surface area contributed by atoms with Crippen molar-refractivity contribution in [1.82, 2.24) is 15.0 Å². The van der Waals surface area contributed by atoms with E-state index < -0.39 is 0 Å². The van der Waals surface area contributed by atoms with Crippen LogP contribution in [0.25, 0.3) is 5.69 Å². The van der Waals surface area contributed by atoms with Gasteiger partial charge in [0.15, 0.2) is 0 Å². The zero-order valence-corrected chi connectivity index (χ0v) is 10.5. The van der Waals surface area contributed by atoms with Crippen LogP contribution in [0.3, 0.4) is 0 Å². The molecule has 4 heteroatoms. The maximum atomic E-state index is 6.00. The summed E-state index contributed by atoms with van der Waals surface area (Å²) in [6, 6.07) is 5.90. The normalized spacial score (nSPS) is 15.2. The van der Waals surface area contributed by atoms with Gasteiger partial charge in [-0.1, -0.05) is 23.7 Å². The molecular formula is C13H14ClN3. The van der Waals surface area contributed by atoms with Crippen molar-refractivity contribution in [3.8, 4) is 5.69 Å². The van der Waals surface area contributed by atoms with Gasteiger partial charge in [-0.05, 0) is 43.0 Å². The molecule has 1 aromatic heterocycles. The molecule has 0 amide bonds. The summed E-state index contributed by atoms with van der Waals surface area (Å²) in [6.45, 7) is 2.12. The molecule has 1 heterocycles. The summed E-state index contributed by atoms with van der Waals surface area (Å²) in [4.78, 5) is 0. The summed E-state index contributed by atoms with van der Waals surface area (Å²) in [5.74, 6) is 0.640. The average Bonchev–Trinajstić information content (AvgIpc) is 3.08. The van der Waals surface area contributed by atoms with E-state index in [0.29, 0.717) is 5.92 Å². The molecule has 88 valence electrons. The monoisotopic (exact) mass is 247 g/mol. The third-order valence-corrected chi connectivity index (χ3v) is 3.41. The van der Waals surface area contributed by atoms with Crippen LogP contribution in [0.15, 0.2) is 24.4 Å². The summed E-state index contributed by atoms with van der Waals surface area (Å²) in [5.41, 5.74) is 3.39. The number of aryl methyl sites for hydroxylation is 1. The molecule has 0 atom stereocenters. The first-order chi connectivity index (χ1) is 8.28. The Morgan fingerprint density at radius 3 is 2.94 bits per heavy atom. The number of aromatic nitrogens is 3. The summed E-state index contributed by atoms with van der Waals surface area (Å²) < 4.78 is 1.86. The highest BCUT2D eigenvalue weighted by atomic mass is 35.5. The molecule has 0 spiro atoms. The lowest BCUT2D eigenvalue weighted by molar-refractivity contribution is 0.788. The molecule has 1 aromatic carbocycles. The van der Waals surface area contributed by atoms with Crippen molar-refractivity contribution < 1.29 is 0 Å². The second kappa shape index (κ2) is 4.15. The van der Waals surface area contributed by atoms with E-state index in [4.69, 9.17) is 11.6 Å². The molecular weight excluding hydrogens is 234 g/mol. The van der Waals surface area contributed by atoms with Gasteiger partial charge in [0.25, 0.3) is 0 Å². The molecule has 1 saturated carbocycles. The third-order valence-electron chi connectivity index (χ3n) is 3.18. The van der Waals surface area contributed by atoms with Crippen molar-refractivity contribution >= 4 is 11.6 Å². The smallest absolute Gasteiger partial charge is 0.0862 e. The van der Waals surface area contributed by atoms with Crippen LogP contribution in [0.5, 0.6) is 0 Å². The minimum atomic E-state index is 0.640. The molecule has 1 aliphatic carbocycles. The van der Waals surface area contributed by atoms with E-state index in [1.165, 1.54) is 18.4 Å². The predicted octanol–water partition coefficient (Wildman–Crippen LogP) is 3.36. The number of rotatable bonds is 3. The first kappa shape index (κ1) is 10.8. The highest BCUT2D eigenvalue weighted by Gasteiger charge is 2.26. The lowest BCUT2D eigenvalue weighted by Gasteiger charge is -2.07. The molecule has 0 unspecified atom stereocenters. The van der Waals surface area contributed by atoms with Gasteiger partial charge in [0.2, 0.25) is 0 Å². The molecule has 0 bridgehead atoms. The van der Waals surface area contributed by atoms with Gasteiger partial charge in [0.05, 0.1) is 17.6 Å². The molecule has 0 saturated heterocycles. The van der Waals surface area contributed by atoms with Crippen molar-refractivity contribution in [2.75, 3.05) is 0 Å². The summed E-state index contributed by atoms with van der Waals surface area (Å²) >= 11 is 6.00. The number of hydrogen-bond acceptors (Lipinski definition) is 2. The predicted molar refractivity (Wildman–Crippen MR) is 67.7 cm³/mol. The van der Waals surface area contributed by atoms with Crippen LogP contribution in [0.2, 0.25) is 5.02 Å². The molecule has 0 aliphatic heterocycles. The first-order valence-corrected chi connectivity index (χ1v) is 6.36. The van der Waals surface area contributed by atoms with Crippen LogP contribution >= 0.6 is 11.6 Å². The quantitative estimate of drug-likeness (QED) is 0.833. The van der Waals surface area contributed by atoms with Crippen molar-refractivity contribution in [1.29, 1.82) is 0 Å². The highest BCUT2D eigenvalue weighted by Crippen LogP contribution is 2.38. The van der Waals surface area contributed by atoms with Gasteiger partial charge in [-0.25, -0.2) is 4.68 Å². The van der Waals surface area contributed by atoms with Crippen LogP contribution in [0.4, 0.5) is 0 Å². The van der Waals surface area contributed by atoms with Gasteiger partial charge >= 0.3 is 0 Å². The van der Waals surface area contributed by atoms with Crippen LogP contribution in [0.1, 0.15) is 36.9 Å². The van der Waals surface area contributed by atoms with Crippen LogP contribution in [-0.4, -0.2) is 15.0 Å². The molecule has 0 radical (unpaired) electrons. The molecule has 3 nitrogen and oxygen atoms in total. The number of hydrogen-bond donors (Lipinski definition) is 0. The van der Waals surface area contributed by atoms with E-state index in [9.17, 15) is 0 Å². The second-order valence-electron chi connectivity index (χ2n) is 4.49. The Morgan fingerprint density at radius 2 is 2.24 bits per heavy atom. The van der Waals surface area contributed by atoms with Gasteiger partial charge < -0.3 is 0 Å². The Bertz CT molecular complexity index is 543. The largest absolute Gasteiger partial charge is 0.220 e. The van der Waals surface area contributed by atoms with Crippen molar-refractivity contribution in [3.05, 3.63) is 40.7 Å². The van der Waals surface area contributed by atoms with Crippen LogP contribution in [0, 0.1) is 0 Å². The zero-order chi connectivity index (χ0) is 11.8. The van der Waals surface area contributed by atoms with E-state index in [-0.39, 0.29) is 0 Å². The highest BCUT2D eigenvalue weighted by molar-refractivity contribution is 6.30. The Morgan fingerprint density at radius 1 is 1.41 bits per heavy atom. The minimum Gasteiger partial charge on any atom is -0.220 e. The van der Waals surface area contributed by atoms with Gasteiger partial charge in [-0.3, -0.25) is 0 Å². The number of nitrogens with zero attached hydrogens (tertiary/aromatic N) is 3. The minimum absolute atomic E-state index is 0.640. The molecule has 3 rings (SSSR count). The van der Waals surface area contributed by atoms with Gasteiger partial charge in [0, 0.05) is 10.9 Å². The van der Waals surface area contributed by atoms with Crippen molar-refractivity contribution in [2.45, 2.75) is 32.1 Å². The Balaban J connectivity index is 2.01. The average molecular weight is 248 g/mol. The summed E-state index contributed by atoms with van der Waals surface area (Å²) in [5, 5.41) is 9.21. The standard InChI is InChI=1S/C13H14ClN3/c1-2-9-7-11(14)5-6-13(9)17-8-12(15-16-17)10-3-4-10/h5-8,10H,2-4H2,1H3. The number of halogens is 1. The maximum Gasteiger partial charge on any atom is 0.0862 e. The Hall–Kier alpha value is -1.35. The number of benzene rings is 1. The van der Waals surface area contributed by atoms with Gasteiger partial charge in [-0.15, -0.1) is 5.10 Å².